The Morgan fingerprint density at radius 2 is 0.860 bits per heavy atom. The van der Waals surface area contributed by atoms with Gasteiger partial charge in [0.25, 0.3) is 0 Å². The lowest BCUT2D eigenvalue weighted by Gasteiger charge is -2.37. The lowest BCUT2D eigenvalue weighted by Crippen LogP contribution is -2.24. The van der Waals surface area contributed by atoms with Crippen LogP contribution in [0.5, 0.6) is 0 Å². The van der Waals surface area contributed by atoms with E-state index in [1.165, 1.54) is 71.0 Å². The Morgan fingerprint density at radius 3 is 1.56 bits per heavy atom. The van der Waals surface area contributed by atoms with Crippen molar-refractivity contribution in [3.8, 4) is 11.1 Å². The van der Waals surface area contributed by atoms with Crippen LogP contribution >= 0.6 is 0 Å². The third-order valence-corrected chi connectivity index (χ3v) is 12.2. The summed E-state index contributed by atoms with van der Waals surface area (Å²) in [5, 5.41) is 10.1. The maximum absolute atomic E-state index is 2.48. The molecule has 0 saturated heterocycles. The van der Waals surface area contributed by atoms with E-state index in [1.807, 2.05) is 0 Å². The first kappa shape index (κ1) is 33.2. The summed E-state index contributed by atoms with van der Waals surface area (Å²) in [7, 11) is 0. The molecule has 57 heavy (non-hydrogen) atoms. The van der Waals surface area contributed by atoms with Crippen molar-refractivity contribution in [1.29, 1.82) is 0 Å². The molecule has 0 unspecified atom stereocenters. The summed E-state index contributed by atoms with van der Waals surface area (Å²) < 4.78 is 0. The highest BCUT2D eigenvalue weighted by Gasteiger charge is 2.35. The van der Waals surface area contributed by atoms with Crippen molar-refractivity contribution in [2.75, 3.05) is 9.80 Å². The second-order valence-electron chi connectivity index (χ2n) is 15.8. The van der Waals surface area contributed by atoms with Gasteiger partial charge in [0.05, 0.1) is 5.69 Å². The maximum atomic E-state index is 2.48. The Balaban J connectivity index is 1.17. The van der Waals surface area contributed by atoms with Gasteiger partial charge >= 0.3 is 0 Å². The molecule has 2 heteroatoms. The SMILES string of the molecule is CC1(C)c2cc(N(c3ccccc3)c3ccccc3)ccc2-c2cc3c4ccccc4c(N(c4ccccc4)c4ccc5ccccc5c4)cc3c3cccc1c23. The number of rotatable bonds is 6. The summed E-state index contributed by atoms with van der Waals surface area (Å²) in [5.41, 5.74) is 11.9. The third-order valence-electron chi connectivity index (χ3n) is 12.2. The molecule has 2 nitrogen and oxygen atoms in total. The number of para-hydroxylation sites is 3. The Morgan fingerprint density at radius 1 is 0.316 bits per heavy atom. The van der Waals surface area contributed by atoms with E-state index in [2.05, 4.69) is 230 Å². The molecule has 270 valence electrons. The Bertz CT molecular complexity index is 3110. The predicted octanol–water partition coefficient (Wildman–Crippen LogP) is 15.5. The molecule has 1 aliphatic rings. The van der Waals surface area contributed by atoms with Crippen molar-refractivity contribution in [1.82, 2.24) is 0 Å². The number of hydrogen-bond acceptors (Lipinski definition) is 2. The number of anilines is 6. The minimum atomic E-state index is -0.245. The van der Waals surface area contributed by atoms with Crippen molar-refractivity contribution in [2.45, 2.75) is 19.3 Å². The Kier molecular flexibility index (Phi) is 7.55. The molecule has 11 rings (SSSR count). The van der Waals surface area contributed by atoms with Crippen LogP contribution in [-0.4, -0.2) is 0 Å². The van der Waals surface area contributed by atoms with Gasteiger partial charge < -0.3 is 9.80 Å². The highest BCUT2D eigenvalue weighted by atomic mass is 15.1. The van der Waals surface area contributed by atoms with Crippen LogP contribution in [0.4, 0.5) is 34.1 Å². The molecule has 0 heterocycles. The van der Waals surface area contributed by atoms with Crippen LogP contribution in [0.15, 0.2) is 206 Å². The van der Waals surface area contributed by atoms with Gasteiger partial charge in [0, 0.05) is 39.2 Å². The molecule has 0 saturated carbocycles. The fourth-order valence-corrected chi connectivity index (χ4v) is 9.45. The number of hydrogen-bond donors (Lipinski definition) is 0. The molecule has 0 N–H and O–H groups in total. The van der Waals surface area contributed by atoms with Crippen LogP contribution in [-0.2, 0) is 5.41 Å². The molecule has 10 aromatic rings. The standard InChI is InChI=1S/C55H40N2/c1-55(2)51-28-16-27-47-49-36-53(57(41-23-10-5-11-24-41)42-30-29-37-17-12-13-18-38(37)33-42)46-26-15-14-25-44(46)48(49)35-50(54(47)51)45-32-31-43(34-52(45)55)56(39-19-6-3-7-20-39)40-21-8-4-9-22-40/h3-36H,1-2H3. The van der Waals surface area contributed by atoms with E-state index in [4.69, 9.17) is 0 Å². The van der Waals surface area contributed by atoms with Gasteiger partial charge in [-0.15, -0.1) is 0 Å². The molecule has 0 bridgehead atoms. The van der Waals surface area contributed by atoms with Crippen molar-refractivity contribution in [3.63, 3.8) is 0 Å². The highest BCUT2D eigenvalue weighted by Crippen LogP contribution is 2.53. The highest BCUT2D eigenvalue weighted by molar-refractivity contribution is 6.25. The first-order valence-corrected chi connectivity index (χ1v) is 19.9. The lowest BCUT2D eigenvalue weighted by atomic mass is 9.68. The zero-order valence-corrected chi connectivity index (χ0v) is 32.0. The van der Waals surface area contributed by atoms with Gasteiger partial charge in [0.1, 0.15) is 0 Å². The molecule has 0 aliphatic heterocycles. The van der Waals surface area contributed by atoms with Crippen LogP contribution in [0, 0.1) is 0 Å². The summed E-state index contributed by atoms with van der Waals surface area (Å²) in [6.07, 6.45) is 0. The minimum absolute atomic E-state index is 0.245. The Hall–Kier alpha value is -7.16. The van der Waals surface area contributed by atoms with Gasteiger partial charge in [-0.2, -0.15) is 0 Å². The number of benzene rings is 10. The summed E-state index contributed by atoms with van der Waals surface area (Å²) >= 11 is 0. The molecule has 0 amide bonds. The largest absolute Gasteiger partial charge is 0.310 e. The number of fused-ring (bicyclic) bond motifs is 7. The molecule has 0 radical (unpaired) electrons. The van der Waals surface area contributed by atoms with Crippen LogP contribution in [0.25, 0.3) is 54.2 Å². The molecule has 0 fully saturated rings. The predicted molar refractivity (Wildman–Crippen MR) is 243 cm³/mol. The van der Waals surface area contributed by atoms with E-state index < -0.39 is 0 Å². The molecule has 10 aromatic carbocycles. The lowest BCUT2D eigenvalue weighted by molar-refractivity contribution is 0.645. The molecule has 0 spiro atoms. The smallest absolute Gasteiger partial charge is 0.0546 e. The van der Waals surface area contributed by atoms with Crippen molar-refractivity contribution < 1.29 is 0 Å². The average molecular weight is 729 g/mol. The molecular formula is C55H40N2. The van der Waals surface area contributed by atoms with Crippen molar-refractivity contribution in [2.24, 2.45) is 0 Å². The van der Waals surface area contributed by atoms with Gasteiger partial charge in [-0.1, -0.05) is 147 Å². The van der Waals surface area contributed by atoms with E-state index in [9.17, 15) is 0 Å². The summed E-state index contributed by atoms with van der Waals surface area (Å²) in [5.74, 6) is 0. The zero-order chi connectivity index (χ0) is 38.1. The van der Waals surface area contributed by atoms with Gasteiger partial charge in [-0.3, -0.25) is 0 Å². The fourth-order valence-electron chi connectivity index (χ4n) is 9.45. The quantitative estimate of drug-likeness (QED) is 0.157. The van der Waals surface area contributed by atoms with Crippen molar-refractivity contribution >= 4 is 77.2 Å². The zero-order valence-electron chi connectivity index (χ0n) is 32.0. The fraction of sp³-hybridized carbons (Fsp3) is 0.0545. The minimum Gasteiger partial charge on any atom is -0.310 e. The second kappa shape index (κ2) is 13.0. The van der Waals surface area contributed by atoms with Crippen LogP contribution < -0.4 is 9.80 Å². The summed E-state index contributed by atoms with van der Waals surface area (Å²) in [6, 6.07) is 75.6. The van der Waals surface area contributed by atoms with Crippen molar-refractivity contribution in [3.05, 3.63) is 217 Å². The molecule has 0 aromatic heterocycles. The summed E-state index contributed by atoms with van der Waals surface area (Å²) in [6.45, 7) is 4.80. The van der Waals surface area contributed by atoms with E-state index in [0.717, 1.165) is 28.4 Å². The van der Waals surface area contributed by atoms with Gasteiger partial charge in [-0.25, -0.2) is 0 Å². The van der Waals surface area contributed by atoms with E-state index in [-0.39, 0.29) is 5.41 Å². The topological polar surface area (TPSA) is 6.48 Å². The van der Waals surface area contributed by atoms with E-state index in [1.54, 1.807) is 0 Å². The van der Waals surface area contributed by atoms with Crippen LogP contribution in [0.2, 0.25) is 0 Å². The third kappa shape index (κ3) is 5.25. The maximum Gasteiger partial charge on any atom is 0.0546 e. The molecular weight excluding hydrogens is 689 g/mol. The van der Waals surface area contributed by atoms with Gasteiger partial charge in [0.15, 0.2) is 0 Å². The second-order valence-corrected chi connectivity index (χ2v) is 15.8. The van der Waals surface area contributed by atoms with Crippen LogP contribution in [0.3, 0.4) is 0 Å². The number of nitrogens with zero attached hydrogens (tertiary/aromatic N) is 2. The molecule has 1 aliphatic carbocycles. The van der Waals surface area contributed by atoms with Gasteiger partial charge in [-0.05, 0) is 133 Å². The van der Waals surface area contributed by atoms with Crippen LogP contribution in [0.1, 0.15) is 25.0 Å². The van der Waals surface area contributed by atoms with Gasteiger partial charge in [0.2, 0.25) is 0 Å². The Labute approximate surface area is 333 Å². The average Bonchev–Trinajstić information content (AvgIpc) is 3.27. The molecule has 0 atom stereocenters. The first-order valence-electron chi connectivity index (χ1n) is 19.9. The summed E-state index contributed by atoms with van der Waals surface area (Å²) in [4.78, 5) is 4.81. The first-order chi connectivity index (χ1) is 28.0. The normalized spacial score (nSPS) is 12.9. The van der Waals surface area contributed by atoms with E-state index >= 15 is 0 Å². The monoisotopic (exact) mass is 728 g/mol. The van der Waals surface area contributed by atoms with E-state index in [0.29, 0.717) is 0 Å².